The van der Waals surface area contributed by atoms with Gasteiger partial charge < -0.3 is 23.7 Å². The van der Waals surface area contributed by atoms with Crippen molar-refractivity contribution in [3.05, 3.63) is 113 Å². The standard InChI is InChI=1S/C45H50O8S/c1-3-5-7-9-11-13-30-49-36-22-18-34(19-23-36)44(47)53-40-17-15-16-35-32-41(54-42(35)40)45(48)52-38-24-20-33(21-25-38)43(46)51-39-28-26-37(27-29-39)50-31-14-12-10-8-6-4-2/h15-29,32H,3-14,30-31H2,1-2H3. The highest BCUT2D eigenvalue weighted by molar-refractivity contribution is 7.21. The molecule has 5 rings (SSSR count). The van der Waals surface area contributed by atoms with Gasteiger partial charge in [0.25, 0.3) is 0 Å². The van der Waals surface area contributed by atoms with Gasteiger partial charge in [0.1, 0.15) is 33.6 Å². The van der Waals surface area contributed by atoms with Gasteiger partial charge in [-0.05, 0) is 103 Å². The van der Waals surface area contributed by atoms with Gasteiger partial charge in [0.2, 0.25) is 0 Å². The molecule has 9 heteroatoms. The summed E-state index contributed by atoms with van der Waals surface area (Å²) < 4.78 is 29.2. The summed E-state index contributed by atoms with van der Waals surface area (Å²) in [5.74, 6) is 0.853. The summed E-state index contributed by atoms with van der Waals surface area (Å²) in [7, 11) is 0. The second-order valence-electron chi connectivity index (χ2n) is 13.2. The molecule has 0 saturated heterocycles. The van der Waals surface area contributed by atoms with Crippen LogP contribution in [-0.2, 0) is 0 Å². The molecule has 0 N–H and O–H groups in total. The fourth-order valence-electron chi connectivity index (χ4n) is 5.79. The Morgan fingerprint density at radius 2 is 0.926 bits per heavy atom. The third kappa shape index (κ3) is 12.5. The lowest BCUT2D eigenvalue weighted by atomic mass is 10.1. The molecule has 0 amide bonds. The lowest BCUT2D eigenvalue weighted by Crippen LogP contribution is -2.09. The van der Waals surface area contributed by atoms with Crippen LogP contribution in [0.25, 0.3) is 10.1 Å². The molecule has 54 heavy (non-hydrogen) atoms. The van der Waals surface area contributed by atoms with Crippen LogP contribution >= 0.6 is 11.3 Å². The molecule has 4 aromatic carbocycles. The van der Waals surface area contributed by atoms with Crippen LogP contribution in [0.1, 0.15) is 121 Å². The molecule has 1 heterocycles. The van der Waals surface area contributed by atoms with Gasteiger partial charge in [-0.2, -0.15) is 0 Å². The Bertz CT molecular complexity index is 1910. The van der Waals surface area contributed by atoms with Gasteiger partial charge in [0.05, 0.1) is 29.0 Å². The van der Waals surface area contributed by atoms with Crippen molar-refractivity contribution >= 4 is 39.3 Å². The molecule has 0 fully saturated rings. The zero-order chi connectivity index (χ0) is 38.0. The summed E-state index contributed by atoms with van der Waals surface area (Å²) in [5, 5.41) is 0.742. The van der Waals surface area contributed by atoms with Crippen molar-refractivity contribution < 1.29 is 38.1 Å². The van der Waals surface area contributed by atoms with Crippen LogP contribution in [0.4, 0.5) is 0 Å². The first kappa shape index (κ1) is 40.0. The molecule has 0 aliphatic carbocycles. The number of unbranched alkanes of at least 4 members (excludes halogenated alkanes) is 10. The molecule has 0 unspecified atom stereocenters. The highest BCUT2D eigenvalue weighted by Gasteiger charge is 2.18. The Balaban J connectivity index is 1.09. The number of carbonyl (C=O) groups is 3. The minimum atomic E-state index is -0.570. The number of carbonyl (C=O) groups excluding carboxylic acids is 3. The fraction of sp³-hybridized carbons (Fsp3) is 0.356. The van der Waals surface area contributed by atoms with E-state index in [1.165, 1.54) is 62.7 Å². The monoisotopic (exact) mass is 750 g/mol. The summed E-state index contributed by atoms with van der Waals surface area (Å²) in [5.41, 5.74) is 0.700. The maximum absolute atomic E-state index is 13.1. The van der Waals surface area contributed by atoms with E-state index in [1.807, 2.05) is 6.07 Å². The zero-order valence-electron chi connectivity index (χ0n) is 31.3. The fourth-order valence-corrected chi connectivity index (χ4v) is 6.78. The molecule has 0 spiro atoms. The molecule has 0 saturated carbocycles. The maximum Gasteiger partial charge on any atom is 0.353 e. The van der Waals surface area contributed by atoms with E-state index in [9.17, 15) is 14.4 Å². The number of ether oxygens (including phenoxy) is 5. The van der Waals surface area contributed by atoms with E-state index in [1.54, 1.807) is 91.0 Å². The van der Waals surface area contributed by atoms with Crippen LogP contribution in [0.15, 0.2) is 97.1 Å². The van der Waals surface area contributed by atoms with Gasteiger partial charge in [-0.3, -0.25) is 0 Å². The van der Waals surface area contributed by atoms with Crippen LogP contribution in [-0.4, -0.2) is 31.1 Å². The Morgan fingerprint density at radius 3 is 1.48 bits per heavy atom. The molecular formula is C45H50O8S. The van der Waals surface area contributed by atoms with Crippen molar-refractivity contribution in [1.29, 1.82) is 0 Å². The quantitative estimate of drug-likeness (QED) is 0.0392. The number of esters is 3. The number of hydrogen-bond acceptors (Lipinski definition) is 9. The van der Waals surface area contributed by atoms with Crippen molar-refractivity contribution in [2.45, 2.75) is 90.9 Å². The SMILES string of the molecule is CCCCCCCCOc1ccc(OC(=O)c2ccc(OC(=O)c3cc4cccc(OC(=O)c5ccc(OCCCCCCCC)cc5)c4s3)cc2)cc1. The van der Waals surface area contributed by atoms with E-state index in [4.69, 9.17) is 23.7 Å². The molecule has 0 radical (unpaired) electrons. The van der Waals surface area contributed by atoms with Gasteiger partial charge in [-0.15, -0.1) is 11.3 Å². The van der Waals surface area contributed by atoms with Crippen LogP contribution in [0, 0.1) is 0 Å². The zero-order valence-corrected chi connectivity index (χ0v) is 32.1. The van der Waals surface area contributed by atoms with E-state index in [-0.39, 0.29) is 5.75 Å². The van der Waals surface area contributed by atoms with Gasteiger partial charge in [-0.1, -0.05) is 90.2 Å². The Hall–Kier alpha value is -5.15. The minimum absolute atomic E-state index is 0.270. The predicted molar refractivity (Wildman–Crippen MR) is 214 cm³/mol. The van der Waals surface area contributed by atoms with Crippen LogP contribution < -0.4 is 23.7 Å². The summed E-state index contributed by atoms with van der Waals surface area (Å²) in [6, 6.07) is 27.1. The average Bonchev–Trinajstić information content (AvgIpc) is 3.64. The molecule has 0 bridgehead atoms. The van der Waals surface area contributed by atoms with Crippen molar-refractivity contribution in [2.75, 3.05) is 13.2 Å². The van der Waals surface area contributed by atoms with Gasteiger partial charge >= 0.3 is 17.9 Å². The smallest absolute Gasteiger partial charge is 0.353 e. The maximum atomic E-state index is 13.1. The summed E-state index contributed by atoms with van der Waals surface area (Å²) in [6.45, 7) is 5.72. The molecule has 1 aromatic heterocycles. The third-order valence-corrected chi connectivity index (χ3v) is 10.0. The van der Waals surface area contributed by atoms with E-state index < -0.39 is 17.9 Å². The normalized spacial score (nSPS) is 10.9. The van der Waals surface area contributed by atoms with Crippen molar-refractivity contribution in [3.8, 4) is 28.7 Å². The van der Waals surface area contributed by atoms with Gasteiger partial charge in [0, 0.05) is 0 Å². The highest BCUT2D eigenvalue weighted by Crippen LogP contribution is 2.35. The number of fused-ring (bicyclic) bond motifs is 1. The third-order valence-electron chi connectivity index (χ3n) is 8.87. The Morgan fingerprint density at radius 1 is 0.481 bits per heavy atom. The number of thiophene rings is 1. The van der Waals surface area contributed by atoms with E-state index in [0.29, 0.717) is 51.2 Å². The molecule has 5 aromatic rings. The largest absolute Gasteiger partial charge is 0.494 e. The number of hydrogen-bond donors (Lipinski definition) is 0. The van der Waals surface area contributed by atoms with Crippen LogP contribution in [0.5, 0.6) is 28.7 Å². The highest BCUT2D eigenvalue weighted by atomic mass is 32.1. The van der Waals surface area contributed by atoms with Gasteiger partial charge in [-0.25, -0.2) is 14.4 Å². The summed E-state index contributed by atoms with van der Waals surface area (Å²) in [4.78, 5) is 39.2. The lowest BCUT2D eigenvalue weighted by Gasteiger charge is -2.08. The predicted octanol–water partition coefficient (Wildman–Crippen LogP) is 12.0. The first-order chi connectivity index (χ1) is 26.4. The number of rotatable bonds is 22. The first-order valence-corrected chi connectivity index (χ1v) is 20.0. The Labute approximate surface area is 322 Å². The molecule has 0 aliphatic rings. The molecule has 0 atom stereocenters. The van der Waals surface area contributed by atoms with E-state index in [2.05, 4.69) is 13.8 Å². The minimum Gasteiger partial charge on any atom is -0.494 e. The molecule has 8 nitrogen and oxygen atoms in total. The summed E-state index contributed by atoms with van der Waals surface area (Å²) >= 11 is 1.17. The summed E-state index contributed by atoms with van der Waals surface area (Å²) in [6.07, 6.45) is 14.3. The first-order valence-electron chi connectivity index (χ1n) is 19.2. The van der Waals surface area contributed by atoms with Crippen LogP contribution in [0.3, 0.4) is 0 Å². The van der Waals surface area contributed by atoms with Crippen molar-refractivity contribution in [3.63, 3.8) is 0 Å². The van der Waals surface area contributed by atoms with Crippen LogP contribution in [0.2, 0.25) is 0 Å². The lowest BCUT2D eigenvalue weighted by molar-refractivity contribution is 0.0725. The van der Waals surface area contributed by atoms with Crippen molar-refractivity contribution in [1.82, 2.24) is 0 Å². The van der Waals surface area contributed by atoms with Crippen molar-refractivity contribution in [2.24, 2.45) is 0 Å². The number of benzene rings is 4. The topological polar surface area (TPSA) is 97.4 Å². The van der Waals surface area contributed by atoms with E-state index in [0.717, 1.165) is 36.8 Å². The van der Waals surface area contributed by atoms with E-state index >= 15 is 0 Å². The second kappa shape index (κ2) is 21.5. The Kier molecular flexibility index (Phi) is 16.0. The molecule has 284 valence electrons. The molecular weight excluding hydrogens is 701 g/mol. The molecule has 0 aliphatic heterocycles. The van der Waals surface area contributed by atoms with Gasteiger partial charge in [0.15, 0.2) is 0 Å². The average molecular weight is 751 g/mol. The second-order valence-corrected chi connectivity index (χ2v) is 14.3.